The van der Waals surface area contributed by atoms with Crippen molar-refractivity contribution in [2.45, 2.75) is 23.8 Å². The molecule has 2 aromatic carbocycles. The van der Waals surface area contributed by atoms with Crippen LogP contribution in [0.15, 0.2) is 59.8 Å². The zero-order valence-corrected chi connectivity index (χ0v) is 15.8. The van der Waals surface area contributed by atoms with Crippen molar-refractivity contribution in [3.05, 3.63) is 71.8 Å². The Morgan fingerprint density at radius 2 is 1.82 bits per heavy atom. The summed E-state index contributed by atoms with van der Waals surface area (Å²) in [6, 6.07) is 14.7. The van der Waals surface area contributed by atoms with Crippen molar-refractivity contribution in [2.24, 2.45) is 5.73 Å². The molecular weight excluding hydrogens is 381 g/mol. The highest BCUT2D eigenvalue weighted by Crippen LogP contribution is 2.27. The van der Waals surface area contributed by atoms with E-state index >= 15 is 0 Å². The van der Waals surface area contributed by atoms with E-state index in [1.807, 2.05) is 35.6 Å². The molecule has 0 unspecified atom stereocenters. The lowest BCUT2D eigenvalue weighted by atomic mass is 10.1. The van der Waals surface area contributed by atoms with E-state index in [4.69, 9.17) is 5.73 Å². The summed E-state index contributed by atoms with van der Waals surface area (Å²) in [6.45, 7) is 1.63. The van der Waals surface area contributed by atoms with Gasteiger partial charge >= 0.3 is 6.03 Å². The molecule has 3 aromatic rings. The minimum absolute atomic E-state index is 0.357. The number of nitrogens with two attached hydrogens (primary N) is 1. The molecule has 3 amide bonds. The van der Waals surface area contributed by atoms with Crippen LogP contribution in [0.3, 0.4) is 0 Å². The van der Waals surface area contributed by atoms with Crippen LogP contribution in [0.1, 0.15) is 18.3 Å². The molecule has 28 heavy (non-hydrogen) atoms. The number of carbonyl (C=O) groups excluding carboxylic acids is 2. The van der Waals surface area contributed by atoms with E-state index in [1.165, 1.54) is 12.1 Å². The second kappa shape index (κ2) is 8.66. The zero-order valence-electron chi connectivity index (χ0n) is 15.0. The van der Waals surface area contributed by atoms with Gasteiger partial charge in [-0.3, -0.25) is 14.7 Å². The Morgan fingerprint density at radius 1 is 1.14 bits per heavy atom. The topological polar surface area (TPSA) is 103 Å². The Labute approximate surface area is 165 Å². The van der Waals surface area contributed by atoms with Gasteiger partial charge in [-0.05, 0) is 36.8 Å². The van der Waals surface area contributed by atoms with Crippen molar-refractivity contribution in [3.8, 4) is 5.69 Å². The van der Waals surface area contributed by atoms with Gasteiger partial charge in [0.05, 0.1) is 5.25 Å². The molecule has 3 rings (SSSR count). The molecule has 0 aliphatic carbocycles. The quantitative estimate of drug-likeness (QED) is 0.621. The molecule has 0 saturated carbocycles. The molecule has 0 bridgehead atoms. The highest BCUT2D eigenvalue weighted by molar-refractivity contribution is 8.00. The van der Waals surface area contributed by atoms with Crippen LogP contribution in [0, 0.1) is 5.82 Å². The molecule has 0 fully saturated rings. The number of benzene rings is 2. The third-order valence-corrected chi connectivity index (χ3v) is 4.93. The molecule has 1 heterocycles. The predicted octanol–water partition coefficient (Wildman–Crippen LogP) is 2.67. The lowest BCUT2D eigenvalue weighted by Crippen LogP contribution is -2.39. The van der Waals surface area contributed by atoms with Crippen molar-refractivity contribution in [1.29, 1.82) is 0 Å². The largest absolute Gasteiger partial charge is 0.351 e. The molecular formula is C19H18FN5O2S. The summed E-state index contributed by atoms with van der Waals surface area (Å²) in [4.78, 5) is 22.9. The number of halogens is 1. The molecule has 1 aromatic heterocycles. The fourth-order valence-electron chi connectivity index (χ4n) is 2.55. The Hall–Kier alpha value is -3.20. The molecule has 0 radical (unpaired) electrons. The van der Waals surface area contributed by atoms with Crippen LogP contribution in [0.4, 0.5) is 9.18 Å². The molecule has 3 N–H and O–H groups in total. The van der Waals surface area contributed by atoms with Gasteiger partial charge in [-0.25, -0.2) is 9.18 Å². The number of urea groups is 1. The Kier molecular flexibility index (Phi) is 6.05. The number of thioether (sulfide) groups is 1. The highest BCUT2D eigenvalue weighted by Gasteiger charge is 2.22. The molecule has 9 heteroatoms. The van der Waals surface area contributed by atoms with Gasteiger partial charge in [-0.1, -0.05) is 42.1 Å². The van der Waals surface area contributed by atoms with Gasteiger partial charge in [0.2, 0.25) is 5.91 Å². The van der Waals surface area contributed by atoms with Crippen molar-refractivity contribution >= 4 is 23.7 Å². The first kappa shape index (κ1) is 19.6. The van der Waals surface area contributed by atoms with Crippen LogP contribution in [0.25, 0.3) is 5.69 Å². The summed E-state index contributed by atoms with van der Waals surface area (Å²) >= 11 is 1.13. The average Bonchev–Trinajstić information content (AvgIpc) is 3.04. The molecule has 0 saturated heterocycles. The highest BCUT2D eigenvalue weighted by atomic mass is 32.2. The molecule has 7 nitrogen and oxygen atoms in total. The molecule has 1 atom stereocenters. The fraction of sp³-hybridized carbons (Fsp3) is 0.158. The SMILES string of the molecule is C[C@H](Sc1nnc(Cc2ccccc2)n1-c1ccc(F)cc1)C(=O)NC(N)=O. The summed E-state index contributed by atoms with van der Waals surface area (Å²) < 4.78 is 15.1. The molecule has 144 valence electrons. The summed E-state index contributed by atoms with van der Waals surface area (Å²) in [6.07, 6.45) is 0.508. The Bertz CT molecular complexity index is 976. The van der Waals surface area contributed by atoms with Crippen molar-refractivity contribution in [2.75, 3.05) is 0 Å². The normalized spacial score (nSPS) is 11.8. The van der Waals surface area contributed by atoms with Crippen LogP contribution >= 0.6 is 11.8 Å². The number of nitrogens with zero attached hydrogens (tertiary/aromatic N) is 3. The van der Waals surface area contributed by atoms with E-state index in [9.17, 15) is 14.0 Å². The first-order valence-corrected chi connectivity index (χ1v) is 9.33. The van der Waals surface area contributed by atoms with Gasteiger partial charge in [-0.2, -0.15) is 0 Å². The number of primary amides is 1. The van der Waals surface area contributed by atoms with Crippen LogP contribution in [-0.2, 0) is 11.2 Å². The maximum atomic E-state index is 13.4. The minimum Gasteiger partial charge on any atom is -0.351 e. The number of imide groups is 1. The molecule has 0 aliphatic heterocycles. The van der Waals surface area contributed by atoms with E-state index in [0.29, 0.717) is 23.1 Å². The van der Waals surface area contributed by atoms with Crippen molar-refractivity contribution in [1.82, 2.24) is 20.1 Å². The van der Waals surface area contributed by atoms with E-state index in [-0.39, 0.29) is 5.82 Å². The van der Waals surface area contributed by atoms with E-state index in [2.05, 4.69) is 10.2 Å². The lowest BCUT2D eigenvalue weighted by Gasteiger charge is -2.13. The van der Waals surface area contributed by atoms with Crippen molar-refractivity contribution in [3.63, 3.8) is 0 Å². The number of aromatic nitrogens is 3. The van der Waals surface area contributed by atoms with Crippen molar-refractivity contribution < 1.29 is 14.0 Å². The van der Waals surface area contributed by atoms with Gasteiger partial charge in [0.15, 0.2) is 5.16 Å². The van der Waals surface area contributed by atoms with E-state index < -0.39 is 17.2 Å². The number of hydrogen-bond acceptors (Lipinski definition) is 5. The summed E-state index contributed by atoms with van der Waals surface area (Å²) in [5, 5.41) is 10.3. The second-order valence-corrected chi connectivity index (χ2v) is 7.29. The van der Waals surface area contributed by atoms with Gasteiger partial charge in [0, 0.05) is 12.1 Å². The first-order chi connectivity index (χ1) is 13.4. The number of amides is 3. The predicted molar refractivity (Wildman–Crippen MR) is 104 cm³/mol. The van der Waals surface area contributed by atoms with Crippen LogP contribution in [0.5, 0.6) is 0 Å². The standard InChI is InChI=1S/C19H18FN5O2S/c1-12(17(26)22-18(21)27)28-19-24-23-16(11-13-5-3-2-4-6-13)25(19)15-9-7-14(20)8-10-15/h2-10,12H,11H2,1H3,(H3,21,22,26,27)/t12-/m0/s1. The van der Waals surface area contributed by atoms with Crippen LogP contribution in [-0.4, -0.2) is 32.0 Å². The van der Waals surface area contributed by atoms with E-state index in [1.54, 1.807) is 23.6 Å². The summed E-state index contributed by atoms with van der Waals surface area (Å²) in [7, 11) is 0. The monoisotopic (exact) mass is 399 g/mol. The summed E-state index contributed by atoms with van der Waals surface area (Å²) in [5.74, 6) is -0.247. The van der Waals surface area contributed by atoms with Gasteiger partial charge in [0.25, 0.3) is 0 Å². The number of hydrogen-bond donors (Lipinski definition) is 2. The summed E-state index contributed by atoms with van der Waals surface area (Å²) in [5.41, 5.74) is 6.71. The third-order valence-electron chi connectivity index (χ3n) is 3.89. The van der Waals surface area contributed by atoms with Gasteiger partial charge in [-0.15, -0.1) is 10.2 Å². The number of nitrogens with one attached hydrogen (secondary N) is 1. The van der Waals surface area contributed by atoms with Gasteiger partial charge in [0.1, 0.15) is 11.6 Å². The first-order valence-electron chi connectivity index (χ1n) is 8.45. The smallest absolute Gasteiger partial charge is 0.318 e. The maximum Gasteiger partial charge on any atom is 0.318 e. The average molecular weight is 399 g/mol. The van der Waals surface area contributed by atoms with Crippen LogP contribution < -0.4 is 11.1 Å². The Balaban J connectivity index is 1.94. The molecule has 0 spiro atoms. The zero-order chi connectivity index (χ0) is 20.1. The second-order valence-electron chi connectivity index (χ2n) is 5.99. The third kappa shape index (κ3) is 4.74. The van der Waals surface area contributed by atoms with E-state index in [0.717, 1.165) is 17.3 Å². The number of rotatable bonds is 6. The van der Waals surface area contributed by atoms with Gasteiger partial charge < -0.3 is 5.73 Å². The Morgan fingerprint density at radius 3 is 2.46 bits per heavy atom. The molecule has 0 aliphatic rings. The van der Waals surface area contributed by atoms with Crippen LogP contribution in [0.2, 0.25) is 0 Å². The lowest BCUT2D eigenvalue weighted by molar-refractivity contribution is -0.119. The number of carbonyl (C=O) groups is 2. The maximum absolute atomic E-state index is 13.4. The minimum atomic E-state index is -0.915. The fourth-order valence-corrected chi connectivity index (χ4v) is 3.44.